The SMILES string of the molecule is OC1CCC(Nc2nc(NCc3ccc(-c4ccco4)cc3)c3ncn(C4CCCC4)c3n2)CC1. The van der Waals surface area contributed by atoms with Crippen molar-refractivity contribution in [3.63, 3.8) is 0 Å². The van der Waals surface area contributed by atoms with Crippen LogP contribution in [0.15, 0.2) is 53.4 Å². The van der Waals surface area contributed by atoms with Gasteiger partial charge in [0.05, 0.1) is 18.7 Å². The lowest BCUT2D eigenvalue weighted by molar-refractivity contribution is 0.126. The number of rotatable bonds is 7. The molecule has 0 atom stereocenters. The Morgan fingerprint density at radius 3 is 2.51 bits per heavy atom. The molecule has 3 aromatic heterocycles. The van der Waals surface area contributed by atoms with Crippen LogP contribution >= 0.6 is 0 Å². The number of furan rings is 1. The summed E-state index contributed by atoms with van der Waals surface area (Å²) < 4.78 is 7.74. The molecule has 6 rings (SSSR count). The zero-order valence-corrected chi connectivity index (χ0v) is 19.9. The fraction of sp³-hybridized carbons (Fsp3) is 0.444. The minimum Gasteiger partial charge on any atom is -0.464 e. The van der Waals surface area contributed by atoms with Gasteiger partial charge in [0.25, 0.3) is 0 Å². The summed E-state index contributed by atoms with van der Waals surface area (Å²) in [6, 6.07) is 13.0. The second kappa shape index (κ2) is 9.70. The van der Waals surface area contributed by atoms with E-state index in [-0.39, 0.29) is 12.1 Å². The lowest BCUT2D eigenvalue weighted by Gasteiger charge is -2.26. The molecule has 0 bridgehead atoms. The number of benzene rings is 1. The minimum absolute atomic E-state index is 0.184. The summed E-state index contributed by atoms with van der Waals surface area (Å²) in [6.45, 7) is 0.635. The summed E-state index contributed by atoms with van der Waals surface area (Å²) in [7, 11) is 0. The predicted molar refractivity (Wildman–Crippen MR) is 136 cm³/mol. The standard InChI is InChI=1S/C27H32N6O2/c34-22-13-11-20(12-14-22)30-27-31-25(24-26(32-27)33(17-29-24)21-4-1-2-5-21)28-16-18-7-9-19(10-8-18)23-6-3-15-35-23/h3,6-10,15,17,20-22,34H,1-2,4-5,11-14,16H2,(H2,28,30,31,32). The second-order valence-corrected chi connectivity index (χ2v) is 9.84. The molecule has 2 aliphatic carbocycles. The van der Waals surface area contributed by atoms with E-state index in [1.165, 1.54) is 25.7 Å². The van der Waals surface area contributed by atoms with Gasteiger partial charge in [-0.2, -0.15) is 9.97 Å². The van der Waals surface area contributed by atoms with Crippen LogP contribution in [0.25, 0.3) is 22.5 Å². The number of nitrogens with zero attached hydrogens (tertiary/aromatic N) is 4. The zero-order valence-electron chi connectivity index (χ0n) is 19.9. The molecule has 0 spiro atoms. The lowest BCUT2D eigenvalue weighted by Crippen LogP contribution is -2.29. The summed E-state index contributed by atoms with van der Waals surface area (Å²) in [5.41, 5.74) is 3.91. The van der Waals surface area contributed by atoms with Crippen LogP contribution in [-0.4, -0.2) is 36.8 Å². The molecule has 3 heterocycles. The predicted octanol–water partition coefficient (Wildman–Crippen LogP) is 5.53. The maximum Gasteiger partial charge on any atom is 0.227 e. The zero-order chi connectivity index (χ0) is 23.6. The van der Waals surface area contributed by atoms with Gasteiger partial charge >= 0.3 is 0 Å². The van der Waals surface area contributed by atoms with Gasteiger partial charge in [-0.1, -0.05) is 37.1 Å². The summed E-state index contributed by atoms with van der Waals surface area (Å²) in [5, 5.41) is 16.9. The molecule has 0 radical (unpaired) electrons. The van der Waals surface area contributed by atoms with Crippen molar-refractivity contribution in [2.75, 3.05) is 10.6 Å². The van der Waals surface area contributed by atoms with Gasteiger partial charge in [0.2, 0.25) is 5.95 Å². The van der Waals surface area contributed by atoms with E-state index < -0.39 is 0 Å². The monoisotopic (exact) mass is 472 g/mol. The van der Waals surface area contributed by atoms with Crippen molar-refractivity contribution in [3.05, 3.63) is 54.6 Å². The van der Waals surface area contributed by atoms with E-state index in [9.17, 15) is 5.11 Å². The van der Waals surface area contributed by atoms with Gasteiger partial charge in [-0.05, 0) is 56.2 Å². The Morgan fingerprint density at radius 2 is 1.77 bits per heavy atom. The first-order valence-electron chi connectivity index (χ1n) is 12.8. The van der Waals surface area contributed by atoms with Crippen molar-refractivity contribution >= 4 is 22.9 Å². The largest absolute Gasteiger partial charge is 0.464 e. The first kappa shape index (κ1) is 22.1. The normalized spacial score (nSPS) is 20.9. The molecule has 182 valence electrons. The first-order chi connectivity index (χ1) is 17.2. The maximum atomic E-state index is 9.87. The minimum atomic E-state index is -0.184. The average molecular weight is 473 g/mol. The van der Waals surface area contributed by atoms with Crippen molar-refractivity contribution in [1.29, 1.82) is 0 Å². The third-order valence-electron chi connectivity index (χ3n) is 7.39. The van der Waals surface area contributed by atoms with Crippen molar-refractivity contribution in [3.8, 4) is 11.3 Å². The van der Waals surface area contributed by atoms with Crippen LogP contribution in [0, 0.1) is 0 Å². The summed E-state index contributed by atoms with van der Waals surface area (Å²) in [4.78, 5) is 14.5. The Balaban J connectivity index is 1.25. The van der Waals surface area contributed by atoms with Crippen LogP contribution in [-0.2, 0) is 6.54 Å². The molecule has 4 aromatic rings. The van der Waals surface area contributed by atoms with Crippen LogP contribution in [0.2, 0.25) is 0 Å². The second-order valence-electron chi connectivity index (χ2n) is 9.84. The smallest absolute Gasteiger partial charge is 0.227 e. The number of imidazole rings is 1. The van der Waals surface area contributed by atoms with E-state index in [0.29, 0.717) is 18.5 Å². The Morgan fingerprint density at radius 1 is 0.971 bits per heavy atom. The molecule has 35 heavy (non-hydrogen) atoms. The first-order valence-corrected chi connectivity index (χ1v) is 12.8. The number of anilines is 2. The molecule has 3 N–H and O–H groups in total. The van der Waals surface area contributed by atoms with Gasteiger partial charge < -0.3 is 24.7 Å². The van der Waals surface area contributed by atoms with Crippen LogP contribution in [0.1, 0.15) is 63.0 Å². The van der Waals surface area contributed by atoms with Crippen LogP contribution < -0.4 is 10.6 Å². The maximum absolute atomic E-state index is 9.87. The topological polar surface area (TPSA) is 101 Å². The summed E-state index contributed by atoms with van der Waals surface area (Å²) >= 11 is 0. The Kier molecular flexibility index (Phi) is 6.12. The summed E-state index contributed by atoms with van der Waals surface area (Å²) in [5.74, 6) is 2.25. The molecule has 0 unspecified atom stereocenters. The van der Waals surface area contributed by atoms with Crippen LogP contribution in [0.5, 0.6) is 0 Å². The van der Waals surface area contributed by atoms with Gasteiger partial charge in [0, 0.05) is 24.2 Å². The Bertz CT molecular complexity index is 1250. The third kappa shape index (κ3) is 4.75. The highest BCUT2D eigenvalue weighted by Gasteiger charge is 2.24. The number of aliphatic hydroxyl groups excluding tert-OH is 1. The van der Waals surface area contributed by atoms with Gasteiger partial charge in [-0.25, -0.2) is 4.98 Å². The molecule has 2 fully saturated rings. The molecular weight excluding hydrogens is 440 g/mol. The number of aromatic nitrogens is 4. The van der Waals surface area contributed by atoms with E-state index in [1.54, 1.807) is 6.26 Å². The van der Waals surface area contributed by atoms with E-state index in [2.05, 4.69) is 39.5 Å². The van der Waals surface area contributed by atoms with E-state index in [4.69, 9.17) is 19.4 Å². The van der Waals surface area contributed by atoms with Crippen molar-refractivity contribution in [2.24, 2.45) is 0 Å². The average Bonchev–Trinajstić information content (AvgIpc) is 3.66. The highest BCUT2D eigenvalue weighted by atomic mass is 16.3. The van der Waals surface area contributed by atoms with Crippen LogP contribution in [0.3, 0.4) is 0 Å². The number of nitrogens with one attached hydrogen (secondary N) is 2. The van der Waals surface area contributed by atoms with Gasteiger partial charge in [-0.15, -0.1) is 0 Å². The molecule has 0 amide bonds. The Labute approximate surface area is 204 Å². The van der Waals surface area contributed by atoms with Gasteiger partial charge in [0.15, 0.2) is 17.0 Å². The highest BCUT2D eigenvalue weighted by molar-refractivity contribution is 5.84. The molecule has 2 aliphatic rings. The molecular formula is C27H32N6O2. The molecule has 1 aromatic carbocycles. The third-order valence-corrected chi connectivity index (χ3v) is 7.39. The van der Waals surface area contributed by atoms with Crippen LogP contribution in [0.4, 0.5) is 11.8 Å². The van der Waals surface area contributed by atoms with E-state index in [0.717, 1.165) is 59.6 Å². The van der Waals surface area contributed by atoms with Crippen molar-refractivity contribution < 1.29 is 9.52 Å². The van der Waals surface area contributed by atoms with E-state index >= 15 is 0 Å². The van der Waals surface area contributed by atoms with Crippen molar-refractivity contribution in [1.82, 2.24) is 19.5 Å². The molecule has 0 aliphatic heterocycles. The highest BCUT2D eigenvalue weighted by Crippen LogP contribution is 2.33. The summed E-state index contributed by atoms with van der Waals surface area (Å²) in [6.07, 6.45) is 11.8. The molecule has 2 saturated carbocycles. The Hall–Kier alpha value is -3.39. The quantitative estimate of drug-likeness (QED) is 0.325. The molecule has 8 heteroatoms. The number of hydrogen-bond donors (Lipinski definition) is 3. The molecule has 8 nitrogen and oxygen atoms in total. The fourth-order valence-corrected chi connectivity index (χ4v) is 5.37. The van der Waals surface area contributed by atoms with Crippen molar-refractivity contribution in [2.45, 2.75) is 76.1 Å². The number of hydrogen-bond acceptors (Lipinski definition) is 7. The van der Waals surface area contributed by atoms with E-state index in [1.807, 2.05) is 18.5 Å². The lowest BCUT2D eigenvalue weighted by atomic mass is 9.93. The fourth-order valence-electron chi connectivity index (χ4n) is 5.37. The molecule has 0 saturated heterocycles. The van der Waals surface area contributed by atoms with Gasteiger partial charge in [-0.3, -0.25) is 0 Å². The number of aliphatic hydroxyl groups is 1. The number of fused-ring (bicyclic) bond motifs is 1. The van der Waals surface area contributed by atoms with Gasteiger partial charge in [0.1, 0.15) is 5.76 Å².